The van der Waals surface area contributed by atoms with Crippen molar-refractivity contribution in [2.75, 3.05) is 5.75 Å². The molecule has 5 heteroatoms. The molecule has 3 aromatic rings. The van der Waals surface area contributed by atoms with Gasteiger partial charge in [0.15, 0.2) is 0 Å². The van der Waals surface area contributed by atoms with Gasteiger partial charge in [0.1, 0.15) is 0 Å². The van der Waals surface area contributed by atoms with Crippen LogP contribution in [0.5, 0.6) is 0 Å². The Morgan fingerprint density at radius 3 is 2.64 bits per heavy atom. The van der Waals surface area contributed by atoms with E-state index in [0.29, 0.717) is 10.8 Å². The monoisotopic (exact) mass is 433 g/mol. The first-order valence-corrected chi connectivity index (χ1v) is 10.1. The number of carbonyl (C=O) groups is 1. The normalized spacial score (nSPS) is 12.1. The van der Waals surface area contributed by atoms with Crippen LogP contribution in [0.1, 0.15) is 18.5 Å². The summed E-state index contributed by atoms with van der Waals surface area (Å²) in [7, 11) is 0. The number of thioether (sulfide) groups is 1. The lowest BCUT2D eigenvalue weighted by Crippen LogP contribution is -2.28. The topological polar surface area (TPSA) is 29.1 Å². The lowest BCUT2D eigenvalue weighted by Gasteiger charge is -2.14. The van der Waals surface area contributed by atoms with Crippen LogP contribution in [-0.4, -0.2) is 11.7 Å². The molecule has 128 valence electrons. The van der Waals surface area contributed by atoms with Crippen LogP contribution in [0.3, 0.4) is 0 Å². The second kappa shape index (κ2) is 8.26. The van der Waals surface area contributed by atoms with E-state index >= 15 is 0 Å². The van der Waals surface area contributed by atoms with Crippen LogP contribution < -0.4 is 5.32 Å². The van der Waals surface area contributed by atoms with E-state index in [9.17, 15) is 4.79 Å². The van der Waals surface area contributed by atoms with Gasteiger partial charge in [-0.2, -0.15) is 0 Å². The summed E-state index contributed by atoms with van der Waals surface area (Å²) in [6, 6.07) is 19.7. The number of hydrogen-bond donors (Lipinski definition) is 1. The van der Waals surface area contributed by atoms with Crippen molar-refractivity contribution in [3.8, 4) is 0 Å². The SMILES string of the molecule is C[C@@H](NC(=O)CSc1ccc(Br)c2cccc(Cl)c12)c1ccccc1. The van der Waals surface area contributed by atoms with Crippen molar-refractivity contribution >= 4 is 56.0 Å². The Kier molecular flexibility index (Phi) is 6.05. The van der Waals surface area contributed by atoms with Gasteiger partial charge in [-0.05, 0) is 36.1 Å². The third-order valence-corrected chi connectivity index (χ3v) is 6.00. The predicted molar refractivity (Wildman–Crippen MR) is 110 cm³/mol. The Labute approximate surface area is 165 Å². The fourth-order valence-electron chi connectivity index (χ4n) is 2.67. The van der Waals surface area contributed by atoms with Crippen molar-refractivity contribution in [1.29, 1.82) is 0 Å². The first-order valence-electron chi connectivity index (χ1n) is 7.90. The van der Waals surface area contributed by atoms with Crippen molar-refractivity contribution < 1.29 is 4.79 Å². The van der Waals surface area contributed by atoms with Gasteiger partial charge >= 0.3 is 0 Å². The Morgan fingerprint density at radius 2 is 1.88 bits per heavy atom. The van der Waals surface area contributed by atoms with E-state index in [1.807, 2.05) is 67.6 Å². The van der Waals surface area contributed by atoms with Gasteiger partial charge < -0.3 is 5.32 Å². The highest BCUT2D eigenvalue weighted by atomic mass is 79.9. The summed E-state index contributed by atoms with van der Waals surface area (Å²) in [5.41, 5.74) is 1.10. The molecule has 1 amide bonds. The van der Waals surface area contributed by atoms with Gasteiger partial charge in [0, 0.05) is 19.8 Å². The zero-order chi connectivity index (χ0) is 17.8. The third-order valence-electron chi connectivity index (χ3n) is 3.93. The van der Waals surface area contributed by atoms with Gasteiger partial charge in [-0.3, -0.25) is 4.79 Å². The highest BCUT2D eigenvalue weighted by Gasteiger charge is 2.12. The molecule has 0 bridgehead atoms. The van der Waals surface area contributed by atoms with Crippen LogP contribution >= 0.6 is 39.3 Å². The molecule has 25 heavy (non-hydrogen) atoms. The molecule has 0 aromatic heterocycles. The van der Waals surface area contributed by atoms with E-state index in [-0.39, 0.29) is 11.9 Å². The number of hydrogen-bond acceptors (Lipinski definition) is 2. The Bertz CT molecular complexity index is 901. The van der Waals surface area contributed by atoms with E-state index in [4.69, 9.17) is 11.6 Å². The van der Waals surface area contributed by atoms with Gasteiger partial charge in [0.2, 0.25) is 5.91 Å². The number of halogens is 2. The summed E-state index contributed by atoms with van der Waals surface area (Å²) in [4.78, 5) is 13.3. The van der Waals surface area contributed by atoms with Gasteiger partial charge in [-0.15, -0.1) is 11.8 Å². The minimum Gasteiger partial charge on any atom is -0.349 e. The fourth-order valence-corrected chi connectivity index (χ4v) is 4.36. The summed E-state index contributed by atoms with van der Waals surface area (Å²) in [6.45, 7) is 1.99. The molecule has 0 heterocycles. The molecule has 0 saturated heterocycles. The Hall–Kier alpha value is -1.49. The minimum absolute atomic E-state index is 0.00414. The van der Waals surface area contributed by atoms with E-state index in [0.717, 1.165) is 25.7 Å². The molecule has 0 spiro atoms. The molecule has 0 fully saturated rings. The van der Waals surface area contributed by atoms with Crippen LogP contribution in [-0.2, 0) is 4.79 Å². The van der Waals surface area contributed by atoms with Gasteiger partial charge in [-0.1, -0.05) is 70.0 Å². The molecule has 1 atom stereocenters. The first kappa shape index (κ1) is 18.3. The van der Waals surface area contributed by atoms with Crippen molar-refractivity contribution in [2.45, 2.75) is 17.9 Å². The van der Waals surface area contributed by atoms with Crippen LogP contribution in [0.15, 0.2) is 70.0 Å². The lowest BCUT2D eigenvalue weighted by molar-refractivity contribution is -0.119. The second-order valence-electron chi connectivity index (χ2n) is 5.70. The summed E-state index contributed by atoms with van der Waals surface area (Å²) in [5.74, 6) is 0.351. The maximum atomic E-state index is 12.3. The van der Waals surface area contributed by atoms with Crippen molar-refractivity contribution in [2.24, 2.45) is 0 Å². The molecular weight excluding hydrogens is 418 g/mol. The maximum absolute atomic E-state index is 12.3. The highest BCUT2D eigenvalue weighted by molar-refractivity contribution is 9.10. The van der Waals surface area contributed by atoms with E-state index in [1.165, 1.54) is 11.8 Å². The minimum atomic E-state index is -0.0143. The average molecular weight is 435 g/mol. The molecule has 1 N–H and O–H groups in total. The summed E-state index contributed by atoms with van der Waals surface area (Å²) in [5, 5.41) is 5.76. The molecule has 3 aromatic carbocycles. The molecule has 2 nitrogen and oxygen atoms in total. The highest BCUT2D eigenvalue weighted by Crippen LogP contribution is 2.37. The number of amides is 1. The van der Waals surface area contributed by atoms with Crippen LogP contribution in [0.4, 0.5) is 0 Å². The molecular formula is C20H17BrClNOS. The number of carbonyl (C=O) groups excluding carboxylic acids is 1. The quantitative estimate of drug-likeness (QED) is 0.483. The number of benzene rings is 3. The Morgan fingerprint density at radius 1 is 1.12 bits per heavy atom. The van der Waals surface area contributed by atoms with Gasteiger partial charge in [-0.25, -0.2) is 0 Å². The van der Waals surface area contributed by atoms with Crippen molar-refractivity contribution in [3.63, 3.8) is 0 Å². The van der Waals surface area contributed by atoms with Crippen LogP contribution in [0.25, 0.3) is 10.8 Å². The molecule has 0 saturated carbocycles. The van der Waals surface area contributed by atoms with Crippen LogP contribution in [0.2, 0.25) is 5.02 Å². The average Bonchev–Trinajstić information content (AvgIpc) is 2.62. The predicted octanol–water partition coefficient (Wildman–Crippen LogP) is 6.23. The second-order valence-corrected chi connectivity index (χ2v) is 7.98. The number of rotatable bonds is 5. The molecule has 0 aliphatic carbocycles. The first-order chi connectivity index (χ1) is 12.1. The standard InChI is InChI=1S/C20H17BrClNOS/c1-13(14-6-3-2-4-7-14)23-19(24)12-25-18-11-10-16(21)15-8-5-9-17(22)20(15)18/h2-11,13H,12H2,1H3,(H,23,24)/t13-/m1/s1. The summed E-state index contributed by atoms with van der Waals surface area (Å²) >= 11 is 11.4. The van der Waals surface area contributed by atoms with E-state index in [1.54, 1.807) is 0 Å². The van der Waals surface area contributed by atoms with E-state index < -0.39 is 0 Å². The largest absolute Gasteiger partial charge is 0.349 e. The number of fused-ring (bicyclic) bond motifs is 1. The molecule has 0 unspecified atom stereocenters. The molecule has 0 aliphatic heterocycles. The summed E-state index contributed by atoms with van der Waals surface area (Å²) < 4.78 is 0.997. The van der Waals surface area contributed by atoms with Gasteiger partial charge in [0.05, 0.1) is 11.8 Å². The third kappa shape index (κ3) is 4.38. The maximum Gasteiger partial charge on any atom is 0.230 e. The zero-order valence-corrected chi connectivity index (χ0v) is 16.8. The van der Waals surface area contributed by atoms with E-state index in [2.05, 4.69) is 21.2 Å². The van der Waals surface area contributed by atoms with Crippen LogP contribution in [0, 0.1) is 0 Å². The number of nitrogens with one attached hydrogen (secondary N) is 1. The summed E-state index contributed by atoms with van der Waals surface area (Å²) in [6.07, 6.45) is 0. The lowest BCUT2D eigenvalue weighted by atomic mass is 10.1. The molecule has 0 aliphatic rings. The molecule has 0 radical (unpaired) electrons. The fraction of sp³-hybridized carbons (Fsp3) is 0.150. The Balaban J connectivity index is 1.71. The smallest absolute Gasteiger partial charge is 0.230 e. The van der Waals surface area contributed by atoms with Crippen molar-refractivity contribution in [3.05, 3.63) is 75.7 Å². The van der Waals surface area contributed by atoms with Gasteiger partial charge in [0.25, 0.3) is 0 Å². The zero-order valence-electron chi connectivity index (χ0n) is 13.6. The molecule has 3 rings (SSSR count). The van der Waals surface area contributed by atoms with Crippen molar-refractivity contribution in [1.82, 2.24) is 5.32 Å².